The molecule has 0 unspecified atom stereocenters. The van der Waals surface area contributed by atoms with Crippen molar-refractivity contribution in [3.8, 4) is 5.75 Å². The second-order valence-corrected chi connectivity index (χ2v) is 6.31. The number of phenolic OH excluding ortho intramolecular Hbond substituents is 1. The molecule has 1 aliphatic rings. The number of benzene rings is 1. The Hall–Kier alpha value is -1.71. The molecule has 0 bridgehead atoms. The number of urea groups is 1. The van der Waals surface area contributed by atoms with Crippen molar-refractivity contribution in [1.82, 2.24) is 10.2 Å². The number of rotatable bonds is 4. The van der Waals surface area contributed by atoms with E-state index < -0.39 is 0 Å². The lowest BCUT2D eigenvalue weighted by Gasteiger charge is -2.27. The van der Waals surface area contributed by atoms with Gasteiger partial charge in [0.25, 0.3) is 0 Å². The molecule has 0 radical (unpaired) electrons. The van der Waals surface area contributed by atoms with Crippen LogP contribution >= 0.6 is 0 Å². The van der Waals surface area contributed by atoms with Gasteiger partial charge in [-0.05, 0) is 50.3 Å². The van der Waals surface area contributed by atoms with Crippen LogP contribution in [0.1, 0.15) is 51.0 Å². The second kappa shape index (κ2) is 8.66. The molecule has 1 saturated heterocycles. The minimum absolute atomic E-state index is 0.0834. The molecule has 1 atom stereocenters. The van der Waals surface area contributed by atoms with Gasteiger partial charge in [-0.3, -0.25) is 0 Å². The third-order valence-electron chi connectivity index (χ3n) is 4.32. The van der Waals surface area contributed by atoms with Crippen LogP contribution in [0.15, 0.2) is 24.3 Å². The Morgan fingerprint density at radius 2 is 1.73 bits per heavy atom. The summed E-state index contributed by atoms with van der Waals surface area (Å²) in [6.07, 6.45) is 7.83. The third-order valence-corrected chi connectivity index (χ3v) is 4.32. The van der Waals surface area contributed by atoms with E-state index in [2.05, 4.69) is 12.2 Å². The first-order valence-corrected chi connectivity index (χ1v) is 8.48. The monoisotopic (exact) mass is 304 g/mol. The lowest BCUT2D eigenvalue weighted by atomic mass is 10.1. The highest BCUT2D eigenvalue weighted by Crippen LogP contribution is 2.13. The molecular weight excluding hydrogens is 276 g/mol. The number of phenols is 1. The van der Waals surface area contributed by atoms with Gasteiger partial charge < -0.3 is 15.3 Å². The maximum atomic E-state index is 12.3. The fourth-order valence-corrected chi connectivity index (χ4v) is 2.87. The van der Waals surface area contributed by atoms with Crippen LogP contribution in [0, 0.1) is 0 Å². The first-order chi connectivity index (χ1) is 10.6. The summed E-state index contributed by atoms with van der Waals surface area (Å²) in [6, 6.07) is 7.52. The molecule has 2 amide bonds. The molecule has 22 heavy (non-hydrogen) atoms. The van der Waals surface area contributed by atoms with Crippen molar-refractivity contribution in [2.75, 3.05) is 13.1 Å². The van der Waals surface area contributed by atoms with Gasteiger partial charge in [-0.25, -0.2) is 4.79 Å². The Labute approximate surface area is 133 Å². The molecule has 0 spiro atoms. The number of aryl methyl sites for hydroxylation is 1. The number of aromatic hydroxyl groups is 1. The number of carbonyl (C=O) groups is 1. The molecule has 1 heterocycles. The number of nitrogens with zero attached hydrogens (tertiary/aromatic N) is 1. The molecular formula is C18H28N2O2. The maximum absolute atomic E-state index is 12.3. The number of carbonyl (C=O) groups excluding carboxylic acids is 1. The molecule has 4 nitrogen and oxygen atoms in total. The van der Waals surface area contributed by atoms with Gasteiger partial charge in [-0.2, -0.15) is 0 Å². The zero-order valence-electron chi connectivity index (χ0n) is 13.6. The van der Waals surface area contributed by atoms with E-state index in [9.17, 15) is 9.90 Å². The smallest absolute Gasteiger partial charge is 0.317 e. The summed E-state index contributed by atoms with van der Waals surface area (Å²) in [4.78, 5) is 14.3. The first-order valence-electron chi connectivity index (χ1n) is 8.48. The molecule has 2 N–H and O–H groups in total. The van der Waals surface area contributed by atoms with Crippen LogP contribution in [0.5, 0.6) is 5.75 Å². The van der Waals surface area contributed by atoms with E-state index in [1.54, 1.807) is 12.1 Å². The van der Waals surface area contributed by atoms with Crippen LogP contribution < -0.4 is 5.32 Å². The van der Waals surface area contributed by atoms with E-state index in [0.29, 0.717) is 5.75 Å². The number of hydrogen-bond acceptors (Lipinski definition) is 2. The van der Waals surface area contributed by atoms with Gasteiger partial charge in [-0.15, -0.1) is 0 Å². The molecule has 1 aliphatic heterocycles. The van der Waals surface area contributed by atoms with Crippen molar-refractivity contribution < 1.29 is 9.90 Å². The molecule has 1 aromatic carbocycles. The lowest BCUT2D eigenvalue weighted by molar-refractivity contribution is 0.188. The Morgan fingerprint density at radius 1 is 1.14 bits per heavy atom. The maximum Gasteiger partial charge on any atom is 0.317 e. The Morgan fingerprint density at radius 3 is 2.36 bits per heavy atom. The zero-order valence-corrected chi connectivity index (χ0v) is 13.6. The summed E-state index contributed by atoms with van der Waals surface area (Å²) in [6.45, 7) is 3.83. The first kappa shape index (κ1) is 16.7. The van der Waals surface area contributed by atoms with Crippen molar-refractivity contribution in [1.29, 1.82) is 0 Å². The highest BCUT2D eigenvalue weighted by molar-refractivity contribution is 5.74. The van der Waals surface area contributed by atoms with Gasteiger partial charge >= 0.3 is 6.03 Å². The summed E-state index contributed by atoms with van der Waals surface area (Å²) in [7, 11) is 0. The lowest BCUT2D eigenvalue weighted by Crippen LogP contribution is -2.45. The van der Waals surface area contributed by atoms with E-state index >= 15 is 0 Å². The van der Waals surface area contributed by atoms with Crippen LogP contribution in [0.25, 0.3) is 0 Å². The van der Waals surface area contributed by atoms with E-state index in [-0.39, 0.29) is 12.1 Å². The van der Waals surface area contributed by atoms with Crippen LogP contribution in [0.4, 0.5) is 4.79 Å². The van der Waals surface area contributed by atoms with Crippen LogP contribution in [0.2, 0.25) is 0 Å². The van der Waals surface area contributed by atoms with Crippen LogP contribution in [-0.4, -0.2) is 35.2 Å². The SMILES string of the molecule is C[C@@H](CCc1ccc(O)cc1)NC(=O)N1CCCCCCC1. The molecule has 0 aromatic heterocycles. The van der Waals surface area contributed by atoms with Crippen molar-refractivity contribution >= 4 is 6.03 Å². The molecule has 2 rings (SSSR count). The average molecular weight is 304 g/mol. The summed E-state index contributed by atoms with van der Waals surface area (Å²) < 4.78 is 0. The zero-order chi connectivity index (χ0) is 15.8. The molecule has 0 aliphatic carbocycles. The van der Waals surface area contributed by atoms with Crippen molar-refractivity contribution in [2.45, 2.75) is 57.9 Å². The Bertz CT molecular complexity index is 451. The van der Waals surface area contributed by atoms with E-state index in [1.165, 1.54) is 24.8 Å². The number of likely N-dealkylation sites (tertiary alicyclic amines) is 1. The van der Waals surface area contributed by atoms with Crippen LogP contribution in [-0.2, 0) is 6.42 Å². The minimum Gasteiger partial charge on any atom is -0.508 e. The van der Waals surface area contributed by atoms with Gasteiger partial charge in [0.05, 0.1) is 0 Å². The standard InChI is InChI=1S/C18H28N2O2/c1-15(7-8-16-9-11-17(21)12-10-16)19-18(22)20-13-5-3-2-4-6-14-20/h9-12,15,21H,2-8,13-14H2,1H3,(H,19,22)/t15-/m0/s1. The molecule has 4 heteroatoms. The predicted molar refractivity (Wildman–Crippen MR) is 89.1 cm³/mol. The topological polar surface area (TPSA) is 52.6 Å². The number of nitrogens with one attached hydrogen (secondary N) is 1. The van der Waals surface area contributed by atoms with E-state index in [4.69, 9.17) is 0 Å². The normalized spacial score (nSPS) is 17.4. The fraction of sp³-hybridized carbons (Fsp3) is 0.611. The quantitative estimate of drug-likeness (QED) is 0.891. The molecule has 1 aromatic rings. The Balaban J connectivity index is 1.74. The molecule has 122 valence electrons. The average Bonchev–Trinajstić information content (AvgIpc) is 2.46. The van der Waals surface area contributed by atoms with E-state index in [0.717, 1.165) is 38.8 Å². The summed E-state index contributed by atoms with van der Waals surface area (Å²) in [5, 5.41) is 12.4. The van der Waals surface area contributed by atoms with Gasteiger partial charge in [0.2, 0.25) is 0 Å². The molecule has 1 fully saturated rings. The van der Waals surface area contributed by atoms with Gasteiger partial charge in [0.1, 0.15) is 5.75 Å². The van der Waals surface area contributed by atoms with Gasteiger partial charge in [-0.1, -0.05) is 31.4 Å². The molecule has 0 saturated carbocycles. The van der Waals surface area contributed by atoms with Crippen molar-refractivity contribution in [3.63, 3.8) is 0 Å². The second-order valence-electron chi connectivity index (χ2n) is 6.31. The third kappa shape index (κ3) is 5.58. The summed E-state index contributed by atoms with van der Waals surface area (Å²) in [5.74, 6) is 0.294. The highest BCUT2D eigenvalue weighted by Gasteiger charge is 2.16. The van der Waals surface area contributed by atoms with Crippen molar-refractivity contribution in [2.24, 2.45) is 0 Å². The minimum atomic E-state index is 0.0834. The fourth-order valence-electron chi connectivity index (χ4n) is 2.87. The highest BCUT2D eigenvalue weighted by atomic mass is 16.3. The number of hydrogen-bond donors (Lipinski definition) is 2. The Kier molecular flexibility index (Phi) is 6.56. The predicted octanol–water partition coefficient (Wildman–Crippen LogP) is 3.69. The van der Waals surface area contributed by atoms with Crippen molar-refractivity contribution in [3.05, 3.63) is 29.8 Å². The van der Waals surface area contributed by atoms with Gasteiger partial charge in [0.15, 0.2) is 0 Å². The largest absolute Gasteiger partial charge is 0.508 e. The summed E-state index contributed by atoms with van der Waals surface area (Å²) in [5.41, 5.74) is 1.19. The van der Waals surface area contributed by atoms with Crippen LogP contribution in [0.3, 0.4) is 0 Å². The van der Waals surface area contributed by atoms with E-state index in [1.807, 2.05) is 17.0 Å². The van der Waals surface area contributed by atoms with Gasteiger partial charge in [0, 0.05) is 19.1 Å². The summed E-state index contributed by atoms with van der Waals surface area (Å²) >= 11 is 0. The number of amides is 2.